The van der Waals surface area contributed by atoms with Crippen molar-refractivity contribution in [3.63, 3.8) is 0 Å². The monoisotopic (exact) mass is 727 g/mol. The van der Waals surface area contributed by atoms with Crippen molar-refractivity contribution in [3.05, 3.63) is 141 Å². The first-order valence-corrected chi connectivity index (χ1v) is 16.6. The summed E-state index contributed by atoms with van der Waals surface area (Å²) in [5.74, 6) is 0.336. The van der Waals surface area contributed by atoms with Gasteiger partial charge in [-0.3, -0.25) is 19.5 Å². The zero-order valence-corrected chi connectivity index (χ0v) is 28.9. The highest BCUT2D eigenvalue weighted by Crippen LogP contribution is 2.38. The van der Waals surface area contributed by atoms with Crippen LogP contribution in [0, 0.1) is 17.0 Å². The van der Waals surface area contributed by atoms with Crippen molar-refractivity contribution in [1.82, 2.24) is 4.57 Å². The molecule has 0 saturated carbocycles. The summed E-state index contributed by atoms with van der Waals surface area (Å²) in [4.78, 5) is 43.6. The molecule has 1 aliphatic rings. The SMILES string of the molecule is CCOC(=O)C1=C(C)N=c2s/c(=C/c3cc(Br)c(OCc4cccc5ccccc45)c(OC)c3)c(=O)n2[C@H]1c1ccc(C)c([N+](=O)[O-])c1. The van der Waals surface area contributed by atoms with E-state index in [1.165, 1.54) is 10.6 Å². The van der Waals surface area contributed by atoms with Crippen LogP contribution in [0.3, 0.4) is 0 Å². The van der Waals surface area contributed by atoms with Crippen LogP contribution in [-0.2, 0) is 16.1 Å². The van der Waals surface area contributed by atoms with Crippen LogP contribution in [0.25, 0.3) is 16.8 Å². The van der Waals surface area contributed by atoms with Crippen LogP contribution in [0.4, 0.5) is 5.69 Å². The number of fused-ring (bicyclic) bond motifs is 2. The van der Waals surface area contributed by atoms with Crippen LogP contribution in [0.1, 0.15) is 42.1 Å². The molecule has 0 bridgehead atoms. The Kier molecular flexibility index (Phi) is 9.29. The fraction of sp³-hybridized carbons (Fsp3) is 0.194. The molecule has 0 amide bonds. The van der Waals surface area contributed by atoms with Crippen LogP contribution >= 0.6 is 27.3 Å². The lowest BCUT2D eigenvalue weighted by atomic mass is 9.94. The van der Waals surface area contributed by atoms with Gasteiger partial charge >= 0.3 is 5.97 Å². The van der Waals surface area contributed by atoms with Crippen molar-refractivity contribution in [1.29, 1.82) is 0 Å². The first-order chi connectivity index (χ1) is 23.1. The van der Waals surface area contributed by atoms with Gasteiger partial charge in [-0.05, 0) is 82.4 Å². The van der Waals surface area contributed by atoms with E-state index >= 15 is 0 Å². The molecule has 48 heavy (non-hydrogen) atoms. The van der Waals surface area contributed by atoms with Crippen molar-refractivity contribution in [2.75, 3.05) is 13.7 Å². The minimum Gasteiger partial charge on any atom is -0.493 e. The number of hydrogen-bond donors (Lipinski definition) is 0. The average Bonchev–Trinajstić information content (AvgIpc) is 3.37. The molecular weight excluding hydrogens is 698 g/mol. The summed E-state index contributed by atoms with van der Waals surface area (Å²) in [5, 5.41) is 14.0. The molecule has 0 fully saturated rings. The number of nitro groups is 1. The maximum Gasteiger partial charge on any atom is 0.338 e. The van der Waals surface area contributed by atoms with Gasteiger partial charge < -0.3 is 14.2 Å². The van der Waals surface area contributed by atoms with Gasteiger partial charge in [-0.25, -0.2) is 9.79 Å². The summed E-state index contributed by atoms with van der Waals surface area (Å²) in [5.41, 5.74) is 2.52. The standard InChI is InChI=1S/C36H30BrN3O7S/c1-5-46-35(42)31-21(3)38-36-39(32(31)24-14-13-20(2)28(18-24)40(43)44)34(41)30(48-36)17-22-15-27(37)33(29(16-22)45-4)47-19-25-11-8-10-23-9-6-7-12-26(23)25/h6-18,32H,5,19H2,1-4H3/b30-17+/t32-/m0/s1. The predicted octanol–water partition coefficient (Wildman–Crippen LogP) is 6.52. The van der Waals surface area contributed by atoms with Crippen molar-refractivity contribution >= 4 is 55.8 Å². The molecule has 0 aliphatic carbocycles. The van der Waals surface area contributed by atoms with Gasteiger partial charge in [0.15, 0.2) is 16.3 Å². The number of nitro benzene ring substituents is 1. The molecule has 0 N–H and O–H groups in total. The number of allylic oxidation sites excluding steroid dienone is 1. The molecule has 10 nitrogen and oxygen atoms in total. The number of esters is 1. The number of halogens is 1. The van der Waals surface area contributed by atoms with Gasteiger partial charge in [-0.2, -0.15) is 0 Å². The Labute approximate surface area is 287 Å². The number of hydrogen-bond acceptors (Lipinski definition) is 9. The zero-order valence-electron chi connectivity index (χ0n) is 26.5. The summed E-state index contributed by atoms with van der Waals surface area (Å²) in [6.07, 6.45) is 1.71. The Hall–Kier alpha value is -5.07. The van der Waals surface area contributed by atoms with E-state index in [4.69, 9.17) is 14.2 Å². The molecule has 0 spiro atoms. The number of benzene rings is 4. The van der Waals surface area contributed by atoms with Crippen LogP contribution in [-0.4, -0.2) is 29.2 Å². The smallest absolute Gasteiger partial charge is 0.338 e. The third-order valence-corrected chi connectivity index (χ3v) is 9.64. The van der Waals surface area contributed by atoms with E-state index in [2.05, 4.69) is 39.1 Å². The number of rotatable bonds is 9. The highest BCUT2D eigenvalue weighted by molar-refractivity contribution is 9.10. The molecule has 5 aromatic rings. The molecule has 6 rings (SSSR count). The van der Waals surface area contributed by atoms with Crippen LogP contribution < -0.4 is 24.4 Å². The maximum atomic E-state index is 14.1. The third kappa shape index (κ3) is 6.16. The number of carbonyl (C=O) groups is 1. The Morgan fingerprint density at radius 3 is 2.62 bits per heavy atom. The normalized spacial score (nSPS) is 14.4. The van der Waals surface area contributed by atoms with E-state index in [9.17, 15) is 19.7 Å². The van der Waals surface area contributed by atoms with Crippen molar-refractivity contribution in [2.24, 2.45) is 4.99 Å². The van der Waals surface area contributed by atoms with Crippen LogP contribution in [0.5, 0.6) is 11.5 Å². The number of thiazole rings is 1. The summed E-state index contributed by atoms with van der Waals surface area (Å²) >= 11 is 4.78. The summed E-state index contributed by atoms with van der Waals surface area (Å²) in [6.45, 7) is 5.40. The van der Waals surface area contributed by atoms with E-state index in [0.717, 1.165) is 27.7 Å². The lowest BCUT2D eigenvalue weighted by Gasteiger charge is -2.24. The molecule has 12 heteroatoms. The quantitative estimate of drug-likeness (QED) is 0.0963. The number of carbonyl (C=O) groups excluding carboxylic acids is 1. The zero-order chi connectivity index (χ0) is 34.1. The number of methoxy groups -OCH3 is 1. The van der Waals surface area contributed by atoms with Gasteiger partial charge in [0.2, 0.25) is 0 Å². The molecule has 244 valence electrons. The lowest BCUT2D eigenvalue weighted by molar-refractivity contribution is -0.385. The second kappa shape index (κ2) is 13.6. The molecule has 0 unspecified atom stereocenters. The Bertz CT molecular complexity index is 2320. The highest BCUT2D eigenvalue weighted by Gasteiger charge is 2.34. The molecule has 1 aromatic heterocycles. The molecule has 4 aromatic carbocycles. The molecule has 0 saturated heterocycles. The molecular formula is C36H30BrN3O7S. The number of ether oxygens (including phenoxy) is 3. The number of aromatic nitrogens is 1. The average molecular weight is 729 g/mol. The largest absolute Gasteiger partial charge is 0.493 e. The summed E-state index contributed by atoms with van der Waals surface area (Å²) < 4.78 is 19.7. The van der Waals surface area contributed by atoms with Gasteiger partial charge in [-0.15, -0.1) is 0 Å². The highest BCUT2D eigenvalue weighted by atomic mass is 79.9. The first-order valence-electron chi connectivity index (χ1n) is 15.0. The van der Waals surface area contributed by atoms with E-state index in [1.54, 1.807) is 52.2 Å². The minimum absolute atomic E-state index is 0.110. The van der Waals surface area contributed by atoms with Crippen LogP contribution in [0.2, 0.25) is 0 Å². The fourth-order valence-corrected chi connectivity index (χ4v) is 7.40. The molecule has 0 radical (unpaired) electrons. The Morgan fingerprint density at radius 2 is 1.88 bits per heavy atom. The molecule has 2 heterocycles. The molecule has 1 aliphatic heterocycles. The van der Waals surface area contributed by atoms with Crippen molar-refractivity contribution < 1.29 is 23.9 Å². The second-order valence-electron chi connectivity index (χ2n) is 11.1. The second-order valence-corrected chi connectivity index (χ2v) is 12.9. The summed E-state index contributed by atoms with van der Waals surface area (Å²) in [7, 11) is 1.55. The van der Waals surface area contributed by atoms with E-state index in [1.807, 2.05) is 30.3 Å². The van der Waals surface area contributed by atoms with E-state index in [-0.39, 0.29) is 17.9 Å². The Balaban J connectivity index is 1.42. The number of nitrogens with zero attached hydrogens (tertiary/aromatic N) is 3. The predicted molar refractivity (Wildman–Crippen MR) is 187 cm³/mol. The topological polar surface area (TPSA) is 122 Å². The van der Waals surface area contributed by atoms with E-state index in [0.29, 0.717) is 54.3 Å². The minimum atomic E-state index is -0.979. The third-order valence-electron chi connectivity index (χ3n) is 8.06. The summed E-state index contributed by atoms with van der Waals surface area (Å²) in [6, 6.07) is 21.5. The maximum absolute atomic E-state index is 14.1. The van der Waals surface area contributed by atoms with Gasteiger partial charge in [0.25, 0.3) is 11.2 Å². The van der Waals surface area contributed by atoms with E-state index < -0.39 is 22.5 Å². The first kappa shape index (κ1) is 32.9. The molecule has 1 atom stereocenters. The van der Waals surface area contributed by atoms with Crippen LogP contribution in [0.15, 0.2) is 98.3 Å². The van der Waals surface area contributed by atoms with Gasteiger partial charge in [0, 0.05) is 11.6 Å². The lowest BCUT2D eigenvalue weighted by Crippen LogP contribution is -2.40. The fourth-order valence-electron chi connectivity index (χ4n) is 5.78. The van der Waals surface area contributed by atoms with Gasteiger partial charge in [-0.1, -0.05) is 65.9 Å². The Morgan fingerprint density at radius 1 is 1.10 bits per heavy atom. The van der Waals surface area contributed by atoms with Gasteiger partial charge in [0.05, 0.1) is 45.0 Å². The number of aryl methyl sites for hydroxylation is 1. The van der Waals surface area contributed by atoms with Gasteiger partial charge in [0.1, 0.15) is 6.61 Å². The van der Waals surface area contributed by atoms with Crippen molar-refractivity contribution in [3.8, 4) is 11.5 Å². The van der Waals surface area contributed by atoms with Crippen molar-refractivity contribution in [2.45, 2.75) is 33.4 Å².